The predicted molar refractivity (Wildman–Crippen MR) is 222 cm³/mol. The Bertz CT molecular complexity index is 2210. The molecule has 0 N–H and O–H groups in total. The highest BCUT2D eigenvalue weighted by Crippen LogP contribution is 2.61. The van der Waals surface area contributed by atoms with Crippen LogP contribution in [-0.4, -0.2) is 11.3 Å². The first-order valence-electron chi connectivity index (χ1n) is 19.8. The lowest BCUT2D eigenvalue weighted by atomic mass is 9.86. The Morgan fingerprint density at radius 3 is 1.45 bits per heavy atom. The second-order valence-electron chi connectivity index (χ2n) is 15.8. The smallest absolute Gasteiger partial charge is 0.122 e. The van der Waals surface area contributed by atoms with Crippen molar-refractivity contribution in [3.8, 4) is 0 Å². The fourth-order valence-electron chi connectivity index (χ4n) is 10.6. The van der Waals surface area contributed by atoms with Crippen LogP contribution in [-0.2, 0) is 6.42 Å². The van der Waals surface area contributed by atoms with Gasteiger partial charge in [-0.2, -0.15) is 0 Å². The number of rotatable bonds is 6. The van der Waals surface area contributed by atoms with E-state index in [1.807, 2.05) is 0 Å². The number of hydrogen-bond donors (Lipinski definition) is 0. The molecule has 0 radical (unpaired) electrons. The van der Waals surface area contributed by atoms with Crippen molar-refractivity contribution in [1.29, 1.82) is 0 Å². The van der Waals surface area contributed by atoms with Crippen LogP contribution in [0.3, 0.4) is 0 Å². The molecule has 4 nitrogen and oxygen atoms in total. The molecule has 53 heavy (non-hydrogen) atoms. The third-order valence-electron chi connectivity index (χ3n) is 12.6. The molecule has 2 spiro atoms. The fourth-order valence-corrected chi connectivity index (χ4v) is 10.6. The third kappa shape index (κ3) is 5.17. The van der Waals surface area contributed by atoms with Crippen LogP contribution in [0.15, 0.2) is 158 Å². The third-order valence-corrected chi connectivity index (χ3v) is 12.6. The Morgan fingerprint density at radius 1 is 0.453 bits per heavy atom. The van der Waals surface area contributed by atoms with Gasteiger partial charge in [0.05, 0.1) is 22.7 Å². The molecule has 2 saturated carbocycles. The molecule has 2 aliphatic heterocycles. The van der Waals surface area contributed by atoms with E-state index in [1.165, 1.54) is 82.3 Å². The number of nitrogens with zero attached hydrogens (tertiary/aromatic N) is 4. The highest BCUT2D eigenvalue weighted by molar-refractivity contribution is 5.92. The van der Waals surface area contributed by atoms with E-state index >= 15 is 0 Å². The molecule has 2 unspecified atom stereocenters. The molecular formula is C49H48N4. The van der Waals surface area contributed by atoms with Gasteiger partial charge in [0.15, 0.2) is 0 Å². The zero-order valence-electron chi connectivity index (χ0n) is 30.7. The topological polar surface area (TPSA) is 13.0 Å². The minimum absolute atomic E-state index is 0.112. The Morgan fingerprint density at radius 2 is 0.906 bits per heavy atom. The van der Waals surface area contributed by atoms with Crippen molar-refractivity contribution < 1.29 is 0 Å². The van der Waals surface area contributed by atoms with E-state index in [0.717, 1.165) is 32.1 Å². The van der Waals surface area contributed by atoms with E-state index in [4.69, 9.17) is 0 Å². The molecule has 4 aliphatic rings. The number of benzene rings is 6. The number of anilines is 8. The van der Waals surface area contributed by atoms with Gasteiger partial charge in [0.2, 0.25) is 0 Å². The van der Waals surface area contributed by atoms with Crippen LogP contribution in [0.25, 0.3) is 0 Å². The maximum atomic E-state index is 2.72. The Balaban J connectivity index is 1.05. The van der Waals surface area contributed by atoms with E-state index in [2.05, 4.69) is 184 Å². The largest absolute Gasteiger partial charge is 0.316 e. The Kier molecular flexibility index (Phi) is 7.82. The van der Waals surface area contributed by atoms with Gasteiger partial charge >= 0.3 is 0 Å². The zero-order valence-corrected chi connectivity index (χ0v) is 30.7. The molecule has 0 bridgehead atoms. The second-order valence-corrected chi connectivity index (χ2v) is 15.8. The van der Waals surface area contributed by atoms with Gasteiger partial charge < -0.3 is 19.6 Å². The summed E-state index contributed by atoms with van der Waals surface area (Å²) < 4.78 is 0. The van der Waals surface area contributed by atoms with Gasteiger partial charge in [0, 0.05) is 22.7 Å². The van der Waals surface area contributed by atoms with E-state index in [-0.39, 0.29) is 11.3 Å². The monoisotopic (exact) mass is 692 g/mol. The lowest BCUT2D eigenvalue weighted by molar-refractivity contribution is 0.309. The predicted octanol–water partition coefficient (Wildman–Crippen LogP) is 13.0. The number of para-hydroxylation sites is 4. The van der Waals surface area contributed by atoms with E-state index in [9.17, 15) is 0 Å². The van der Waals surface area contributed by atoms with Crippen LogP contribution >= 0.6 is 0 Å². The fraction of sp³-hybridized carbons (Fsp3) is 0.265. The SMILES string of the molecule is Cc1ccc2c(c1)N(c1ccccc1)C1(CCC(Cc3ccc4c(c3)N(c3ccccc3)C3(CCCCC3)N4c3ccccc3)C1)N2c1ccccc1. The van der Waals surface area contributed by atoms with Gasteiger partial charge in [0.25, 0.3) is 0 Å². The number of aryl methyl sites for hydroxylation is 1. The van der Waals surface area contributed by atoms with Crippen LogP contribution in [0.1, 0.15) is 62.5 Å². The van der Waals surface area contributed by atoms with Crippen LogP contribution in [0, 0.1) is 12.8 Å². The van der Waals surface area contributed by atoms with E-state index < -0.39 is 0 Å². The molecule has 2 fully saturated rings. The second kappa shape index (κ2) is 12.9. The molecule has 0 saturated heterocycles. The van der Waals surface area contributed by atoms with Crippen LogP contribution in [0.2, 0.25) is 0 Å². The normalized spacial score (nSPS) is 21.4. The summed E-state index contributed by atoms with van der Waals surface area (Å²) in [5, 5.41) is 0. The Hall–Kier alpha value is -5.48. The van der Waals surface area contributed by atoms with Crippen molar-refractivity contribution in [3.63, 3.8) is 0 Å². The molecule has 6 aromatic carbocycles. The van der Waals surface area contributed by atoms with E-state index in [1.54, 1.807) is 0 Å². The van der Waals surface area contributed by atoms with Gasteiger partial charge in [-0.25, -0.2) is 0 Å². The van der Waals surface area contributed by atoms with Gasteiger partial charge in [-0.3, -0.25) is 0 Å². The molecule has 10 rings (SSSR count). The molecule has 0 aromatic heterocycles. The molecule has 2 aliphatic carbocycles. The van der Waals surface area contributed by atoms with Crippen molar-refractivity contribution in [2.24, 2.45) is 5.92 Å². The molecule has 4 heteroatoms. The van der Waals surface area contributed by atoms with Gasteiger partial charge in [-0.15, -0.1) is 0 Å². The molecule has 2 atom stereocenters. The number of fused-ring (bicyclic) bond motifs is 2. The molecular weight excluding hydrogens is 645 g/mol. The van der Waals surface area contributed by atoms with Gasteiger partial charge in [-0.1, -0.05) is 91.3 Å². The Labute approximate surface area is 314 Å². The average molecular weight is 693 g/mol. The van der Waals surface area contributed by atoms with Crippen molar-refractivity contribution in [2.75, 3.05) is 19.6 Å². The first-order valence-corrected chi connectivity index (χ1v) is 19.8. The summed E-state index contributed by atoms with van der Waals surface area (Å²) in [6.07, 6.45) is 10.5. The maximum Gasteiger partial charge on any atom is 0.122 e. The summed E-state index contributed by atoms with van der Waals surface area (Å²) >= 11 is 0. The summed E-state index contributed by atoms with van der Waals surface area (Å²) in [4.78, 5) is 10.8. The van der Waals surface area contributed by atoms with E-state index in [0.29, 0.717) is 5.92 Å². The lowest BCUT2D eigenvalue weighted by Gasteiger charge is -2.48. The van der Waals surface area contributed by atoms with Crippen LogP contribution in [0.4, 0.5) is 45.5 Å². The molecule has 264 valence electrons. The minimum atomic E-state index is -0.188. The summed E-state index contributed by atoms with van der Waals surface area (Å²) in [5.74, 6) is 0.543. The average Bonchev–Trinajstić information content (AvgIpc) is 3.83. The highest BCUT2D eigenvalue weighted by Gasteiger charge is 2.55. The first-order chi connectivity index (χ1) is 26.1. The lowest BCUT2D eigenvalue weighted by Crippen LogP contribution is -2.54. The molecule has 0 amide bonds. The molecule has 2 heterocycles. The minimum Gasteiger partial charge on any atom is -0.316 e. The van der Waals surface area contributed by atoms with Gasteiger partial charge in [0.1, 0.15) is 11.3 Å². The standard InChI is InChI=1S/C49H48N4/c1-37-25-27-44-46(33-37)53(43-23-13-5-14-24-43)49(51(44)41-19-9-3-10-20-41)32-29-39(36-49)34-38-26-28-45-47(35-38)52(42-21-11-4-12-22-42)48(30-15-6-16-31-48)50(45)40-17-7-2-8-18-40/h2-5,7-14,17-28,33,35,39H,6,15-16,29-32,34,36H2,1H3. The zero-order chi connectivity index (χ0) is 35.4. The summed E-state index contributed by atoms with van der Waals surface area (Å²) in [5.41, 5.74) is 12.9. The van der Waals surface area contributed by atoms with Crippen LogP contribution < -0.4 is 19.6 Å². The maximum absolute atomic E-state index is 2.72. The van der Waals surface area contributed by atoms with Gasteiger partial charge in [-0.05, 0) is 148 Å². The van der Waals surface area contributed by atoms with Crippen molar-refractivity contribution >= 4 is 45.5 Å². The number of hydrogen-bond acceptors (Lipinski definition) is 4. The van der Waals surface area contributed by atoms with Crippen molar-refractivity contribution in [3.05, 3.63) is 169 Å². The first kappa shape index (κ1) is 32.2. The summed E-state index contributed by atoms with van der Waals surface area (Å²) in [6, 6.07) is 59.1. The van der Waals surface area contributed by atoms with Crippen molar-refractivity contribution in [2.45, 2.75) is 76.0 Å². The molecule has 6 aromatic rings. The summed E-state index contributed by atoms with van der Waals surface area (Å²) in [6.45, 7) is 2.22. The summed E-state index contributed by atoms with van der Waals surface area (Å²) in [7, 11) is 0. The quantitative estimate of drug-likeness (QED) is 0.172. The van der Waals surface area contributed by atoms with Crippen LogP contribution in [0.5, 0.6) is 0 Å². The van der Waals surface area contributed by atoms with Crippen molar-refractivity contribution in [1.82, 2.24) is 0 Å². The highest BCUT2D eigenvalue weighted by atomic mass is 15.5.